The zero-order chi connectivity index (χ0) is 18.1. The molecule has 1 fully saturated rings. The lowest BCUT2D eigenvalue weighted by Crippen LogP contribution is -2.31. The molecule has 2 heterocycles. The van der Waals surface area contributed by atoms with Gasteiger partial charge in [0.05, 0.1) is 24.4 Å². The predicted molar refractivity (Wildman–Crippen MR) is 92.5 cm³/mol. The molecule has 132 valence electrons. The zero-order valence-electron chi connectivity index (χ0n) is 14.7. The Morgan fingerprint density at radius 1 is 1.24 bits per heavy atom. The summed E-state index contributed by atoms with van der Waals surface area (Å²) in [5, 5.41) is 4.43. The summed E-state index contributed by atoms with van der Waals surface area (Å²) in [5.74, 6) is 0.115. The number of carbonyl (C=O) groups is 2. The van der Waals surface area contributed by atoms with Crippen LogP contribution in [-0.4, -0.2) is 40.1 Å². The third-order valence-electron chi connectivity index (χ3n) is 4.67. The molecule has 1 aliphatic rings. The van der Waals surface area contributed by atoms with Gasteiger partial charge < -0.3 is 15.4 Å². The molecule has 0 saturated carbocycles. The second-order valence-corrected chi connectivity index (χ2v) is 6.23. The number of hydrogen-bond donors (Lipinski definition) is 1. The third kappa shape index (κ3) is 2.97. The van der Waals surface area contributed by atoms with Gasteiger partial charge in [-0.05, 0) is 44.0 Å². The number of carbonyl (C=O) groups excluding carboxylic acids is 2. The molecule has 1 saturated heterocycles. The van der Waals surface area contributed by atoms with Crippen molar-refractivity contribution in [1.82, 2.24) is 14.7 Å². The average Bonchev–Trinajstić information content (AvgIpc) is 3.17. The average molecular weight is 342 g/mol. The molecular weight excluding hydrogens is 320 g/mol. The highest BCUT2D eigenvalue weighted by molar-refractivity contribution is 5.97. The predicted octanol–water partition coefficient (Wildman–Crippen LogP) is 1.81. The Morgan fingerprint density at radius 2 is 1.88 bits per heavy atom. The molecule has 2 amide bonds. The summed E-state index contributed by atoms with van der Waals surface area (Å²) in [7, 11) is 3.45. The first-order chi connectivity index (χ1) is 11.9. The fourth-order valence-electron chi connectivity index (χ4n) is 3.53. The van der Waals surface area contributed by atoms with E-state index in [9.17, 15) is 9.59 Å². The van der Waals surface area contributed by atoms with Crippen LogP contribution in [0, 0.1) is 6.92 Å². The summed E-state index contributed by atoms with van der Waals surface area (Å²) in [6.07, 6.45) is 1.79. The molecule has 1 aliphatic heterocycles. The Labute approximate surface area is 146 Å². The van der Waals surface area contributed by atoms with Crippen LogP contribution < -0.4 is 10.5 Å². The number of nitrogens with zero attached hydrogens (tertiary/aromatic N) is 3. The van der Waals surface area contributed by atoms with Crippen LogP contribution in [0.1, 0.15) is 50.9 Å². The first-order valence-corrected chi connectivity index (χ1v) is 8.22. The molecule has 3 rings (SSSR count). The SMILES string of the molecule is COc1c([C@H]2CCCN2C(=O)c2ccc(C(N)=O)cc2)c(C)nn1C. The van der Waals surface area contributed by atoms with Crippen LogP contribution in [0.5, 0.6) is 5.88 Å². The monoisotopic (exact) mass is 342 g/mol. The van der Waals surface area contributed by atoms with E-state index >= 15 is 0 Å². The van der Waals surface area contributed by atoms with E-state index in [0.717, 1.165) is 24.1 Å². The lowest BCUT2D eigenvalue weighted by atomic mass is 10.0. The molecule has 0 aliphatic carbocycles. The van der Waals surface area contributed by atoms with Gasteiger partial charge in [-0.15, -0.1) is 0 Å². The Kier molecular flexibility index (Phi) is 4.48. The number of hydrogen-bond acceptors (Lipinski definition) is 4. The normalized spacial score (nSPS) is 16.9. The number of nitrogens with two attached hydrogens (primary N) is 1. The van der Waals surface area contributed by atoms with E-state index < -0.39 is 5.91 Å². The fraction of sp³-hybridized carbons (Fsp3) is 0.389. The van der Waals surface area contributed by atoms with Crippen LogP contribution in [0.2, 0.25) is 0 Å². The van der Waals surface area contributed by atoms with E-state index in [2.05, 4.69) is 5.10 Å². The van der Waals surface area contributed by atoms with Crippen molar-refractivity contribution in [3.05, 3.63) is 46.6 Å². The maximum Gasteiger partial charge on any atom is 0.254 e. The molecule has 2 aromatic rings. The Morgan fingerprint density at radius 3 is 2.48 bits per heavy atom. The van der Waals surface area contributed by atoms with Crippen LogP contribution >= 0.6 is 0 Å². The van der Waals surface area contributed by atoms with E-state index in [1.54, 1.807) is 36.1 Å². The van der Waals surface area contributed by atoms with Crippen molar-refractivity contribution in [3.63, 3.8) is 0 Å². The Hall–Kier alpha value is -2.83. The van der Waals surface area contributed by atoms with Gasteiger partial charge in [-0.2, -0.15) is 5.10 Å². The van der Waals surface area contributed by atoms with Crippen molar-refractivity contribution in [2.75, 3.05) is 13.7 Å². The van der Waals surface area contributed by atoms with Crippen molar-refractivity contribution in [3.8, 4) is 5.88 Å². The molecule has 0 radical (unpaired) electrons. The van der Waals surface area contributed by atoms with E-state index in [1.807, 2.05) is 18.9 Å². The minimum Gasteiger partial charge on any atom is -0.481 e. The van der Waals surface area contributed by atoms with Gasteiger partial charge in [0, 0.05) is 24.7 Å². The van der Waals surface area contributed by atoms with Crippen molar-refractivity contribution in [1.29, 1.82) is 0 Å². The van der Waals surface area contributed by atoms with Gasteiger partial charge in [-0.1, -0.05) is 0 Å². The first-order valence-electron chi connectivity index (χ1n) is 8.22. The van der Waals surface area contributed by atoms with Crippen LogP contribution in [-0.2, 0) is 7.05 Å². The molecule has 0 spiro atoms. The Bertz CT molecular complexity index is 810. The quantitative estimate of drug-likeness (QED) is 0.917. The molecule has 1 aromatic carbocycles. The Balaban J connectivity index is 1.91. The van der Waals surface area contributed by atoms with Gasteiger partial charge in [0.1, 0.15) is 0 Å². The summed E-state index contributed by atoms with van der Waals surface area (Å²) in [6.45, 7) is 2.61. The van der Waals surface area contributed by atoms with Gasteiger partial charge in [0.15, 0.2) is 0 Å². The second-order valence-electron chi connectivity index (χ2n) is 6.23. The van der Waals surface area contributed by atoms with E-state index in [0.29, 0.717) is 23.6 Å². The lowest BCUT2D eigenvalue weighted by Gasteiger charge is -2.25. The number of primary amides is 1. The maximum absolute atomic E-state index is 13.0. The standard InChI is InChI=1S/C18H22N4O3/c1-11-15(18(25-3)21(2)20-11)14-5-4-10-22(14)17(24)13-8-6-12(7-9-13)16(19)23/h6-9,14H,4-5,10H2,1-3H3,(H2,19,23)/t14-/m1/s1. The number of amides is 2. The number of aromatic nitrogens is 2. The molecule has 2 N–H and O–H groups in total. The van der Waals surface area contributed by atoms with E-state index in [-0.39, 0.29) is 11.9 Å². The number of benzene rings is 1. The summed E-state index contributed by atoms with van der Waals surface area (Å²) in [5.41, 5.74) is 8.01. The number of methoxy groups -OCH3 is 1. The number of aryl methyl sites for hydroxylation is 2. The van der Waals surface area contributed by atoms with E-state index in [1.165, 1.54) is 0 Å². The van der Waals surface area contributed by atoms with Crippen LogP contribution in [0.3, 0.4) is 0 Å². The van der Waals surface area contributed by atoms with Crippen molar-refractivity contribution in [2.24, 2.45) is 12.8 Å². The summed E-state index contributed by atoms with van der Waals surface area (Å²) < 4.78 is 7.20. The molecule has 7 heteroatoms. The van der Waals surface area contributed by atoms with Crippen LogP contribution in [0.4, 0.5) is 0 Å². The van der Waals surface area contributed by atoms with Crippen LogP contribution in [0.25, 0.3) is 0 Å². The topological polar surface area (TPSA) is 90.4 Å². The molecule has 1 atom stereocenters. The number of likely N-dealkylation sites (tertiary alicyclic amines) is 1. The maximum atomic E-state index is 13.0. The summed E-state index contributed by atoms with van der Waals surface area (Å²) in [6, 6.07) is 6.38. The molecule has 25 heavy (non-hydrogen) atoms. The smallest absolute Gasteiger partial charge is 0.254 e. The van der Waals surface area contributed by atoms with Crippen molar-refractivity contribution in [2.45, 2.75) is 25.8 Å². The summed E-state index contributed by atoms with van der Waals surface area (Å²) >= 11 is 0. The fourth-order valence-corrected chi connectivity index (χ4v) is 3.53. The van der Waals surface area contributed by atoms with Crippen molar-refractivity contribution >= 4 is 11.8 Å². The number of ether oxygens (including phenoxy) is 1. The highest BCUT2D eigenvalue weighted by Gasteiger charge is 2.35. The first kappa shape index (κ1) is 17.0. The minimum atomic E-state index is -0.506. The lowest BCUT2D eigenvalue weighted by molar-refractivity contribution is 0.0733. The van der Waals surface area contributed by atoms with Gasteiger partial charge in [0.25, 0.3) is 5.91 Å². The second kappa shape index (κ2) is 6.58. The van der Waals surface area contributed by atoms with Gasteiger partial charge in [-0.3, -0.25) is 9.59 Å². The zero-order valence-corrected chi connectivity index (χ0v) is 14.7. The highest BCUT2D eigenvalue weighted by Crippen LogP contribution is 2.39. The van der Waals surface area contributed by atoms with Gasteiger partial charge >= 0.3 is 0 Å². The summed E-state index contributed by atoms with van der Waals surface area (Å²) in [4.78, 5) is 26.0. The van der Waals surface area contributed by atoms with Crippen LogP contribution in [0.15, 0.2) is 24.3 Å². The largest absolute Gasteiger partial charge is 0.481 e. The van der Waals surface area contributed by atoms with Gasteiger partial charge in [0.2, 0.25) is 11.8 Å². The molecular formula is C18H22N4O3. The molecule has 0 bridgehead atoms. The molecule has 0 unspecified atom stereocenters. The highest BCUT2D eigenvalue weighted by atomic mass is 16.5. The van der Waals surface area contributed by atoms with Gasteiger partial charge in [-0.25, -0.2) is 4.68 Å². The molecule has 7 nitrogen and oxygen atoms in total. The molecule has 1 aromatic heterocycles. The number of rotatable bonds is 4. The van der Waals surface area contributed by atoms with E-state index in [4.69, 9.17) is 10.5 Å². The third-order valence-corrected chi connectivity index (χ3v) is 4.67. The minimum absolute atomic E-state index is 0.0630. The van der Waals surface area contributed by atoms with Crippen molar-refractivity contribution < 1.29 is 14.3 Å².